The molecule has 0 spiro atoms. The normalized spacial score (nSPS) is 32.4. The van der Waals surface area contributed by atoms with E-state index in [0.717, 1.165) is 31.2 Å². The van der Waals surface area contributed by atoms with Gasteiger partial charge in [-0.1, -0.05) is 11.6 Å². The molecule has 2 bridgehead atoms. The van der Waals surface area contributed by atoms with Crippen molar-refractivity contribution >= 4 is 39.1 Å². The third-order valence-electron chi connectivity index (χ3n) is 7.50. The summed E-state index contributed by atoms with van der Waals surface area (Å²) in [6.07, 6.45) is 5.89. The monoisotopic (exact) mass is 480 g/mol. The number of nitrogens with one attached hydrogen (secondary N) is 2. The minimum absolute atomic E-state index is 0.0723. The molecule has 1 unspecified atom stereocenters. The van der Waals surface area contributed by atoms with Crippen molar-refractivity contribution in [2.24, 2.45) is 5.73 Å². The summed E-state index contributed by atoms with van der Waals surface area (Å²) in [5.41, 5.74) is 7.73. The number of nitrogens with zero attached hydrogens (tertiary/aromatic N) is 1. The number of benzene rings is 1. The minimum Gasteiger partial charge on any atom is -0.349 e. The number of hydrogen-bond acceptors (Lipinski definition) is 5. The highest BCUT2D eigenvalue weighted by atomic mass is 35.5. The molecular formula is C22H29ClN4O4S. The summed E-state index contributed by atoms with van der Waals surface area (Å²) in [7, 11) is -3.36. The first kappa shape index (κ1) is 22.1. The smallest absolute Gasteiger partial charge is 0.253 e. The second-order valence-corrected chi connectivity index (χ2v) is 12.2. The van der Waals surface area contributed by atoms with Gasteiger partial charge >= 0.3 is 0 Å². The van der Waals surface area contributed by atoms with Crippen molar-refractivity contribution in [1.29, 1.82) is 0 Å². The molecule has 8 nitrogen and oxygen atoms in total. The van der Waals surface area contributed by atoms with Crippen LogP contribution in [-0.2, 0) is 21.2 Å². The molecule has 4 aliphatic rings. The second kappa shape index (κ2) is 8.27. The molecule has 1 aromatic carbocycles. The van der Waals surface area contributed by atoms with Crippen LogP contribution in [-0.4, -0.2) is 54.0 Å². The molecule has 1 aliphatic carbocycles. The van der Waals surface area contributed by atoms with Gasteiger partial charge in [0, 0.05) is 29.9 Å². The highest BCUT2D eigenvalue weighted by Gasteiger charge is 2.49. The quantitative estimate of drug-likeness (QED) is 0.609. The van der Waals surface area contributed by atoms with E-state index < -0.39 is 10.0 Å². The number of sulfonamides is 1. The van der Waals surface area contributed by atoms with Crippen molar-refractivity contribution < 1.29 is 18.0 Å². The average molecular weight is 481 g/mol. The Morgan fingerprint density at radius 3 is 2.41 bits per heavy atom. The number of fused-ring (bicyclic) bond motifs is 3. The van der Waals surface area contributed by atoms with Crippen LogP contribution in [0.1, 0.15) is 67.3 Å². The number of piperidine rings is 1. The average Bonchev–Trinajstić information content (AvgIpc) is 3.23. The Hall–Kier alpha value is -1.68. The fourth-order valence-corrected chi connectivity index (χ4v) is 8.59. The van der Waals surface area contributed by atoms with Crippen molar-refractivity contribution in [2.75, 3.05) is 5.32 Å². The van der Waals surface area contributed by atoms with E-state index in [2.05, 4.69) is 10.6 Å². The topological polar surface area (TPSA) is 122 Å². The number of carbonyl (C=O) groups is 2. The third-order valence-corrected chi connectivity index (χ3v) is 10.3. The molecule has 10 heteroatoms. The van der Waals surface area contributed by atoms with E-state index >= 15 is 0 Å². The largest absolute Gasteiger partial charge is 0.349 e. The van der Waals surface area contributed by atoms with Crippen LogP contribution in [0.5, 0.6) is 0 Å². The molecule has 0 radical (unpaired) electrons. The van der Waals surface area contributed by atoms with Gasteiger partial charge < -0.3 is 16.4 Å². The van der Waals surface area contributed by atoms with Gasteiger partial charge in [-0.25, -0.2) is 8.42 Å². The van der Waals surface area contributed by atoms with Crippen LogP contribution in [0.3, 0.4) is 0 Å². The van der Waals surface area contributed by atoms with E-state index in [1.54, 1.807) is 16.4 Å². The fourth-order valence-electron chi connectivity index (χ4n) is 5.91. The minimum atomic E-state index is -3.36. The zero-order valence-electron chi connectivity index (χ0n) is 17.8. The van der Waals surface area contributed by atoms with E-state index in [0.29, 0.717) is 42.0 Å². The Labute approximate surface area is 193 Å². The standard InChI is InChI=1S/C22H29ClN4O4S/c23-19-11-20-12(8-21(28)26-20)7-18(19)22(29)25-14-9-15-3-4-16(10-14)27(15)32(30,31)17-5-1-13(24)2-6-17/h7,11,13-17H,1-6,8-10,24H2,(H,25,29)(H,26,28)/t13?,14?,15-,16+,17?. The molecule has 4 N–H and O–H groups in total. The van der Waals surface area contributed by atoms with Gasteiger partial charge in [-0.3, -0.25) is 9.59 Å². The number of amides is 2. The zero-order chi connectivity index (χ0) is 22.6. The van der Waals surface area contributed by atoms with Crippen LogP contribution < -0.4 is 16.4 Å². The summed E-state index contributed by atoms with van der Waals surface area (Å²) in [5, 5.41) is 5.76. The Morgan fingerprint density at radius 1 is 1.09 bits per heavy atom. The molecule has 3 aliphatic heterocycles. The number of halogens is 1. The van der Waals surface area contributed by atoms with Crippen molar-refractivity contribution in [3.8, 4) is 0 Å². The van der Waals surface area contributed by atoms with Crippen LogP contribution in [0, 0.1) is 0 Å². The number of carbonyl (C=O) groups excluding carboxylic acids is 2. The molecule has 2 saturated heterocycles. The fraction of sp³-hybridized carbons (Fsp3) is 0.636. The van der Waals surface area contributed by atoms with Gasteiger partial charge in [0.05, 0.1) is 22.3 Å². The van der Waals surface area contributed by atoms with Gasteiger partial charge in [0.25, 0.3) is 5.91 Å². The van der Waals surface area contributed by atoms with Gasteiger partial charge in [-0.2, -0.15) is 4.31 Å². The molecule has 3 heterocycles. The summed E-state index contributed by atoms with van der Waals surface area (Å²) in [6, 6.07) is 3.15. The highest BCUT2D eigenvalue weighted by Crippen LogP contribution is 2.41. The lowest BCUT2D eigenvalue weighted by Crippen LogP contribution is -2.55. The summed E-state index contributed by atoms with van der Waals surface area (Å²) in [6.45, 7) is 0. The van der Waals surface area contributed by atoms with Crippen LogP contribution >= 0.6 is 11.6 Å². The van der Waals surface area contributed by atoms with Crippen LogP contribution in [0.4, 0.5) is 5.69 Å². The molecule has 1 aromatic rings. The zero-order valence-corrected chi connectivity index (χ0v) is 19.4. The number of anilines is 1. The second-order valence-electron chi connectivity index (χ2n) is 9.65. The maximum absolute atomic E-state index is 13.4. The Balaban J connectivity index is 1.27. The van der Waals surface area contributed by atoms with Crippen molar-refractivity contribution in [1.82, 2.24) is 9.62 Å². The molecule has 1 saturated carbocycles. The molecular weight excluding hydrogens is 452 g/mol. The molecule has 3 fully saturated rings. The summed E-state index contributed by atoms with van der Waals surface area (Å²) < 4.78 is 28.5. The van der Waals surface area contributed by atoms with Crippen LogP contribution in [0.2, 0.25) is 5.02 Å². The van der Waals surface area contributed by atoms with E-state index in [1.165, 1.54) is 0 Å². The van der Waals surface area contributed by atoms with Crippen LogP contribution in [0.15, 0.2) is 12.1 Å². The van der Waals surface area contributed by atoms with E-state index in [1.807, 2.05) is 0 Å². The maximum atomic E-state index is 13.4. The molecule has 0 aromatic heterocycles. The van der Waals surface area contributed by atoms with Gasteiger partial charge in [0.1, 0.15) is 0 Å². The lowest BCUT2D eigenvalue weighted by Gasteiger charge is -2.41. The number of hydrogen-bond donors (Lipinski definition) is 3. The molecule has 3 atom stereocenters. The lowest BCUT2D eigenvalue weighted by molar-refractivity contribution is -0.115. The number of rotatable bonds is 4. The van der Waals surface area contributed by atoms with Crippen molar-refractivity contribution in [2.45, 2.75) is 87.2 Å². The van der Waals surface area contributed by atoms with Gasteiger partial charge in [-0.15, -0.1) is 0 Å². The SMILES string of the molecule is NC1CCC(S(=O)(=O)N2[C@@H]3CC[C@H]2CC(NC(=O)c2cc4c(cc2Cl)NC(=O)C4)C3)CC1. The predicted molar refractivity (Wildman–Crippen MR) is 122 cm³/mol. The summed E-state index contributed by atoms with van der Waals surface area (Å²) in [4.78, 5) is 24.6. The first-order chi connectivity index (χ1) is 15.2. The third kappa shape index (κ3) is 3.93. The van der Waals surface area contributed by atoms with E-state index in [-0.39, 0.29) is 47.7 Å². The van der Waals surface area contributed by atoms with E-state index in [9.17, 15) is 18.0 Å². The lowest BCUT2D eigenvalue weighted by atomic mass is 9.96. The summed E-state index contributed by atoms with van der Waals surface area (Å²) in [5.74, 6) is -0.391. The highest BCUT2D eigenvalue weighted by molar-refractivity contribution is 7.89. The van der Waals surface area contributed by atoms with Crippen molar-refractivity contribution in [3.05, 3.63) is 28.3 Å². The maximum Gasteiger partial charge on any atom is 0.253 e. The first-order valence-electron chi connectivity index (χ1n) is 11.4. The molecule has 174 valence electrons. The van der Waals surface area contributed by atoms with E-state index in [4.69, 9.17) is 17.3 Å². The Morgan fingerprint density at radius 2 is 1.75 bits per heavy atom. The summed E-state index contributed by atoms with van der Waals surface area (Å²) >= 11 is 6.31. The van der Waals surface area contributed by atoms with Crippen LogP contribution in [0.25, 0.3) is 0 Å². The van der Waals surface area contributed by atoms with Gasteiger partial charge in [0.2, 0.25) is 15.9 Å². The van der Waals surface area contributed by atoms with Gasteiger partial charge in [0.15, 0.2) is 0 Å². The Bertz CT molecular complexity index is 1040. The molecule has 2 amide bonds. The Kier molecular flexibility index (Phi) is 5.72. The first-order valence-corrected chi connectivity index (χ1v) is 13.3. The molecule has 5 rings (SSSR count). The number of nitrogens with two attached hydrogens (primary N) is 1. The molecule has 32 heavy (non-hydrogen) atoms. The van der Waals surface area contributed by atoms with Crippen molar-refractivity contribution in [3.63, 3.8) is 0 Å². The predicted octanol–water partition coefficient (Wildman–Crippen LogP) is 2.16. The van der Waals surface area contributed by atoms with Gasteiger partial charge in [-0.05, 0) is 69.1 Å².